The van der Waals surface area contributed by atoms with Gasteiger partial charge in [-0.25, -0.2) is 0 Å². The highest BCUT2D eigenvalue weighted by molar-refractivity contribution is 5.78. The van der Waals surface area contributed by atoms with E-state index in [-0.39, 0.29) is 11.8 Å². The molecule has 1 aromatic rings. The zero-order valence-corrected chi connectivity index (χ0v) is 12.5. The van der Waals surface area contributed by atoms with E-state index in [1.807, 2.05) is 31.2 Å². The van der Waals surface area contributed by atoms with Gasteiger partial charge in [0.2, 0.25) is 5.91 Å². The van der Waals surface area contributed by atoms with E-state index in [2.05, 4.69) is 5.32 Å². The van der Waals surface area contributed by atoms with Crippen LogP contribution in [-0.4, -0.2) is 23.5 Å². The van der Waals surface area contributed by atoms with Crippen molar-refractivity contribution in [3.05, 3.63) is 35.4 Å². The third kappa shape index (κ3) is 4.59. The third-order valence-electron chi connectivity index (χ3n) is 4.40. The van der Waals surface area contributed by atoms with Crippen molar-refractivity contribution in [3.8, 4) is 0 Å². The van der Waals surface area contributed by atoms with Crippen LogP contribution in [0.3, 0.4) is 0 Å². The molecular formula is C17H23NO3. The normalized spacial score (nSPS) is 21.8. The van der Waals surface area contributed by atoms with Crippen LogP contribution in [0.5, 0.6) is 0 Å². The molecule has 0 bridgehead atoms. The van der Waals surface area contributed by atoms with E-state index in [9.17, 15) is 9.59 Å². The zero-order valence-electron chi connectivity index (χ0n) is 12.5. The van der Waals surface area contributed by atoms with Gasteiger partial charge < -0.3 is 10.4 Å². The number of aryl methyl sites for hydroxylation is 1. The van der Waals surface area contributed by atoms with Crippen LogP contribution in [0.4, 0.5) is 0 Å². The van der Waals surface area contributed by atoms with Crippen molar-refractivity contribution in [3.63, 3.8) is 0 Å². The van der Waals surface area contributed by atoms with Gasteiger partial charge in [0.05, 0.1) is 12.3 Å². The molecule has 0 aromatic heterocycles. The number of hydrogen-bond donors (Lipinski definition) is 2. The van der Waals surface area contributed by atoms with E-state index in [4.69, 9.17) is 5.11 Å². The molecule has 0 unspecified atom stereocenters. The molecule has 0 saturated heterocycles. The second kappa shape index (κ2) is 7.25. The third-order valence-corrected chi connectivity index (χ3v) is 4.40. The molecule has 1 aliphatic rings. The highest BCUT2D eigenvalue weighted by Crippen LogP contribution is 2.28. The lowest BCUT2D eigenvalue weighted by atomic mass is 9.82. The molecular weight excluding hydrogens is 266 g/mol. The summed E-state index contributed by atoms with van der Waals surface area (Å²) in [6.07, 6.45) is 3.65. The van der Waals surface area contributed by atoms with Crippen LogP contribution in [0.2, 0.25) is 0 Å². The fourth-order valence-electron chi connectivity index (χ4n) is 2.92. The lowest BCUT2D eigenvalue weighted by Crippen LogP contribution is -2.33. The van der Waals surface area contributed by atoms with Gasteiger partial charge in [-0.2, -0.15) is 0 Å². The van der Waals surface area contributed by atoms with Crippen LogP contribution >= 0.6 is 0 Å². The molecule has 0 radical (unpaired) electrons. The van der Waals surface area contributed by atoms with Crippen molar-refractivity contribution in [2.24, 2.45) is 11.8 Å². The average Bonchev–Trinajstić information content (AvgIpc) is 2.48. The molecule has 1 amide bonds. The van der Waals surface area contributed by atoms with Gasteiger partial charge in [0.1, 0.15) is 0 Å². The fraction of sp³-hybridized carbons (Fsp3) is 0.529. The van der Waals surface area contributed by atoms with Gasteiger partial charge in [0, 0.05) is 6.54 Å². The predicted octanol–water partition coefficient (Wildman–Crippen LogP) is 2.54. The van der Waals surface area contributed by atoms with Crippen LogP contribution in [0.1, 0.15) is 36.8 Å². The number of carbonyl (C=O) groups is 2. The molecule has 1 aliphatic carbocycles. The molecule has 4 nitrogen and oxygen atoms in total. The van der Waals surface area contributed by atoms with E-state index in [0.29, 0.717) is 18.9 Å². The molecule has 1 fully saturated rings. The Morgan fingerprint density at radius 3 is 2.48 bits per heavy atom. The first kappa shape index (κ1) is 15.5. The molecule has 0 aliphatic heterocycles. The summed E-state index contributed by atoms with van der Waals surface area (Å²) in [5, 5.41) is 11.9. The predicted molar refractivity (Wildman–Crippen MR) is 81.0 cm³/mol. The van der Waals surface area contributed by atoms with E-state index in [0.717, 1.165) is 36.8 Å². The van der Waals surface area contributed by atoms with Gasteiger partial charge in [0.15, 0.2) is 0 Å². The Hall–Kier alpha value is -1.84. The molecule has 114 valence electrons. The number of amides is 1. The molecule has 0 atom stereocenters. The summed E-state index contributed by atoms with van der Waals surface area (Å²) in [6.45, 7) is 2.67. The van der Waals surface area contributed by atoms with Gasteiger partial charge in [-0.15, -0.1) is 0 Å². The van der Waals surface area contributed by atoms with Crippen molar-refractivity contribution in [2.45, 2.75) is 39.0 Å². The number of hydrogen-bond acceptors (Lipinski definition) is 2. The average molecular weight is 289 g/mol. The first-order chi connectivity index (χ1) is 10.1. The molecule has 1 aromatic carbocycles. The Labute approximate surface area is 125 Å². The van der Waals surface area contributed by atoms with Crippen molar-refractivity contribution in [1.82, 2.24) is 5.32 Å². The monoisotopic (exact) mass is 289 g/mol. The van der Waals surface area contributed by atoms with Crippen LogP contribution < -0.4 is 5.32 Å². The lowest BCUT2D eigenvalue weighted by molar-refractivity contribution is -0.143. The Bertz CT molecular complexity index is 505. The standard InChI is InChI=1S/C17H23NO3/c1-12-4-2-3-5-15(12)10-16(19)18-11-13-6-8-14(9-7-13)17(20)21/h2-5,13-14H,6-11H2,1H3,(H,18,19)(H,20,21). The maximum absolute atomic E-state index is 12.0. The van der Waals surface area contributed by atoms with Gasteiger partial charge in [-0.05, 0) is 49.7 Å². The number of carboxylic acid groups (broad SMARTS) is 1. The maximum Gasteiger partial charge on any atom is 0.306 e. The molecule has 4 heteroatoms. The van der Waals surface area contributed by atoms with Crippen molar-refractivity contribution in [2.75, 3.05) is 6.54 Å². The Kier molecular flexibility index (Phi) is 5.37. The van der Waals surface area contributed by atoms with E-state index >= 15 is 0 Å². The van der Waals surface area contributed by atoms with Crippen LogP contribution in [-0.2, 0) is 16.0 Å². The van der Waals surface area contributed by atoms with Gasteiger partial charge in [-0.1, -0.05) is 24.3 Å². The maximum atomic E-state index is 12.0. The highest BCUT2D eigenvalue weighted by atomic mass is 16.4. The summed E-state index contributed by atoms with van der Waals surface area (Å²) in [4.78, 5) is 22.9. The topological polar surface area (TPSA) is 66.4 Å². The number of benzene rings is 1. The van der Waals surface area contributed by atoms with Crippen LogP contribution in [0, 0.1) is 18.8 Å². The number of carbonyl (C=O) groups excluding carboxylic acids is 1. The summed E-state index contributed by atoms with van der Waals surface area (Å²) in [5.41, 5.74) is 2.19. The minimum absolute atomic E-state index is 0.0460. The number of nitrogens with one attached hydrogen (secondary N) is 1. The first-order valence-electron chi connectivity index (χ1n) is 7.60. The fourth-order valence-corrected chi connectivity index (χ4v) is 2.92. The lowest BCUT2D eigenvalue weighted by Gasteiger charge is -2.26. The summed E-state index contributed by atoms with van der Waals surface area (Å²) < 4.78 is 0. The summed E-state index contributed by atoms with van der Waals surface area (Å²) in [7, 11) is 0. The molecule has 0 heterocycles. The van der Waals surface area contributed by atoms with E-state index < -0.39 is 5.97 Å². The molecule has 2 rings (SSSR count). The van der Waals surface area contributed by atoms with Gasteiger partial charge in [-0.3, -0.25) is 9.59 Å². The summed E-state index contributed by atoms with van der Waals surface area (Å²) in [6, 6.07) is 7.91. The second-order valence-corrected chi connectivity index (χ2v) is 5.96. The first-order valence-corrected chi connectivity index (χ1v) is 7.60. The minimum Gasteiger partial charge on any atom is -0.481 e. The van der Waals surface area contributed by atoms with Crippen molar-refractivity contribution < 1.29 is 14.7 Å². The number of rotatable bonds is 5. The minimum atomic E-state index is -0.683. The highest BCUT2D eigenvalue weighted by Gasteiger charge is 2.25. The van der Waals surface area contributed by atoms with Crippen LogP contribution in [0.15, 0.2) is 24.3 Å². The largest absolute Gasteiger partial charge is 0.481 e. The Morgan fingerprint density at radius 1 is 1.19 bits per heavy atom. The van der Waals surface area contributed by atoms with Gasteiger partial charge in [0.25, 0.3) is 0 Å². The Morgan fingerprint density at radius 2 is 1.86 bits per heavy atom. The smallest absolute Gasteiger partial charge is 0.306 e. The molecule has 1 saturated carbocycles. The number of carboxylic acids is 1. The zero-order chi connectivity index (χ0) is 15.2. The summed E-state index contributed by atoms with van der Waals surface area (Å²) >= 11 is 0. The summed E-state index contributed by atoms with van der Waals surface area (Å²) in [5.74, 6) is -0.410. The molecule has 2 N–H and O–H groups in total. The van der Waals surface area contributed by atoms with Crippen LogP contribution in [0.25, 0.3) is 0 Å². The second-order valence-electron chi connectivity index (χ2n) is 5.96. The molecule has 21 heavy (non-hydrogen) atoms. The van der Waals surface area contributed by atoms with E-state index in [1.54, 1.807) is 0 Å². The van der Waals surface area contributed by atoms with Gasteiger partial charge >= 0.3 is 5.97 Å². The Balaban J connectivity index is 1.73. The quantitative estimate of drug-likeness (QED) is 0.875. The SMILES string of the molecule is Cc1ccccc1CC(=O)NCC1CCC(C(=O)O)CC1. The number of aliphatic carboxylic acids is 1. The van der Waals surface area contributed by atoms with Crippen molar-refractivity contribution >= 4 is 11.9 Å². The molecule has 0 spiro atoms. The van der Waals surface area contributed by atoms with Crippen molar-refractivity contribution in [1.29, 1.82) is 0 Å². The van der Waals surface area contributed by atoms with E-state index in [1.165, 1.54) is 0 Å².